The molecule has 132 valence electrons. The standard InChI is InChI=1S/C17H16Cl2N2O4/c1-9(13-8-12(25-10(13)2)4-6-16(22)23)20-21-17(24)14-7-11(18)3-5-15(14)19/h3,5,7-8H,4,6H2,1-2H3,(H,21,24)(H,22,23)/p-1/b20-9-. The van der Waals surface area contributed by atoms with Crippen LogP contribution < -0.4 is 10.5 Å². The molecule has 2 aromatic rings. The van der Waals surface area contributed by atoms with Gasteiger partial charge in [0.15, 0.2) is 0 Å². The highest BCUT2D eigenvalue weighted by atomic mass is 35.5. The highest BCUT2D eigenvalue weighted by Gasteiger charge is 2.13. The second kappa shape index (κ2) is 8.18. The van der Waals surface area contributed by atoms with Crippen molar-refractivity contribution in [2.24, 2.45) is 5.10 Å². The van der Waals surface area contributed by atoms with Gasteiger partial charge in [-0.25, -0.2) is 5.43 Å². The third-order valence-electron chi connectivity index (χ3n) is 3.43. The van der Waals surface area contributed by atoms with Crippen LogP contribution in [-0.4, -0.2) is 17.6 Å². The first-order valence-corrected chi connectivity index (χ1v) is 8.12. The summed E-state index contributed by atoms with van der Waals surface area (Å²) in [6.07, 6.45) is 0.0908. The van der Waals surface area contributed by atoms with Crippen molar-refractivity contribution < 1.29 is 19.1 Å². The largest absolute Gasteiger partial charge is 0.550 e. The quantitative estimate of drug-likeness (QED) is 0.614. The van der Waals surface area contributed by atoms with Crippen LogP contribution in [0.15, 0.2) is 33.8 Å². The van der Waals surface area contributed by atoms with Crippen molar-refractivity contribution in [2.45, 2.75) is 26.7 Å². The third kappa shape index (κ3) is 5.08. The number of rotatable bonds is 6. The monoisotopic (exact) mass is 381 g/mol. The Morgan fingerprint density at radius 3 is 2.64 bits per heavy atom. The number of aliphatic carboxylic acids is 1. The van der Waals surface area contributed by atoms with Gasteiger partial charge in [0, 0.05) is 23.0 Å². The number of amides is 1. The Kier molecular flexibility index (Phi) is 6.22. The smallest absolute Gasteiger partial charge is 0.272 e. The van der Waals surface area contributed by atoms with Gasteiger partial charge >= 0.3 is 0 Å². The molecule has 0 saturated carbocycles. The van der Waals surface area contributed by atoms with Crippen molar-refractivity contribution in [3.63, 3.8) is 0 Å². The number of aryl methyl sites for hydroxylation is 2. The van der Waals surface area contributed by atoms with Gasteiger partial charge in [0.05, 0.1) is 16.3 Å². The Morgan fingerprint density at radius 2 is 1.96 bits per heavy atom. The Balaban J connectivity index is 2.12. The molecule has 25 heavy (non-hydrogen) atoms. The summed E-state index contributed by atoms with van der Waals surface area (Å²) in [5.74, 6) is -0.558. The summed E-state index contributed by atoms with van der Waals surface area (Å²) >= 11 is 11.8. The van der Waals surface area contributed by atoms with E-state index >= 15 is 0 Å². The molecule has 0 aliphatic carbocycles. The fourth-order valence-electron chi connectivity index (χ4n) is 2.18. The molecule has 0 fully saturated rings. The Bertz CT molecular complexity index is 843. The van der Waals surface area contributed by atoms with E-state index in [0.717, 1.165) is 0 Å². The maximum atomic E-state index is 12.2. The number of furan rings is 1. The van der Waals surface area contributed by atoms with Gasteiger partial charge in [0.25, 0.3) is 5.91 Å². The molecule has 1 N–H and O–H groups in total. The molecule has 1 heterocycles. The van der Waals surface area contributed by atoms with E-state index in [2.05, 4.69) is 10.5 Å². The molecule has 6 nitrogen and oxygen atoms in total. The summed E-state index contributed by atoms with van der Waals surface area (Å²) in [4.78, 5) is 22.7. The molecule has 0 saturated heterocycles. The van der Waals surface area contributed by atoms with E-state index in [4.69, 9.17) is 27.6 Å². The number of carboxylic acids is 1. The first-order valence-electron chi connectivity index (χ1n) is 7.37. The van der Waals surface area contributed by atoms with Gasteiger partial charge in [0.1, 0.15) is 11.5 Å². The lowest BCUT2D eigenvalue weighted by molar-refractivity contribution is -0.305. The number of nitrogens with one attached hydrogen (secondary N) is 1. The van der Waals surface area contributed by atoms with Gasteiger partial charge in [-0.2, -0.15) is 5.10 Å². The van der Waals surface area contributed by atoms with E-state index in [9.17, 15) is 14.7 Å². The van der Waals surface area contributed by atoms with Crippen LogP contribution in [0.2, 0.25) is 10.0 Å². The second-order valence-electron chi connectivity index (χ2n) is 5.32. The van der Waals surface area contributed by atoms with Crippen molar-refractivity contribution in [3.05, 3.63) is 57.0 Å². The summed E-state index contributed by atoms with van der Waals surface area (Å²) < 4.78 is 5.49. The first-order chi connectivity index (χ1) is 11.8. The topological polar surface area (TPSA) is 94.7 Å². The maximum Gasteiger partial charge on any atom is 0.272 e. The van der Waals surface area contributed by atoms with Gasteiger partial charge in [-0.15, -0.1) is 0 Å². The Morgan fingerprint density at radius 1 is 1.24 bits per heavy atom. The molecule has 0 spiro atoms. The summed E-state index contributed by atoms with van der Waals surface area (Å²) in [5, 5.41) is 15.2. The zero-order valence-corrected chi connectivity index (χ0v) is 15.1. The minimum absolute atomic E-state index is 0.132. The number of hydrogen-bond donors (Lipinski definition) is 1. The number of halogens is 2. The van der Waals surface area contributed by atoms with Gasteiger partial charge in [-0.05, 0) is 44.5 Å². The van der Waals surface area contributed by atoms with Crippen LogP contribution in [0.5, 0.6) is 0 Å². The highest BCUT2D eigenvalue weighted by Crippen LogP contribution is 2.21. The van der Waals surface area contributed by atoms with Crippen LogP contribution in [0.1, 0.15) is 40.8 Å². The van der Waals surface area contributed by atoms with Crippen molar-refractivity contribution >= 4 is 40.8 Å². The third-order valence-corrected chi connectivity index (χ3v) is 4.00. The van der Waals surface area contributed by atoms with Gasteiger partial charge in [0.2, 0.25) is 0 Å². The average molecular weight is 382 g/mol. The predicted molar refractivity (Wildman–Crippen MR) is 92.9 cm³/mol. The molecule has 8 heteroatoms. The molecular weight excluding hydrogens is 367 g/mol. The lowest BCUT2D eigenvalue weighted by Gasteiger charge is -2.04. The van der Waals surface area contributed by atoms with E-state index in [1.807, 2.05) is 0 Å². The number of benzene rings is 1. The van der Waals surface area contributed by atoms with Crippen LogP contribution in [-0.2, 0) is 11.2 Å². The van der Waals surface area contributed by atoms with Crippen molar-refractivity contribution in [2.75, 3.05) is 0 Å². The average Bonchev–Trinajstić information content (AvgIpc) is 2.93. The van der Waals surface area contributed by atoms with E-state index in [1.165, 1.54) is 12.1 Å². The summed E-state index contributed by atoms with van der Waals surface area (Å²) in [7, 11) is 0. The molecule has 0 unspecified atom stereocenters. The summed E-state index contributed by atoms with van der Waals surface area (Å²) in [6, 6.07) is 6.25. The molecule has 1 aromatic carbocycles. The van der Waals surface area contributed by atoms with Crippen LogP contribution in [0, 0.1) is 6.92 Å². The van der Waals surface area contributed by atoms with E-state index in [-0.39, 0.29) is 23.4 Å². The molecule has 1 amide bonds. The maximum absolute atomic E-state index is 12.2. The lowest BCUT2D eigenvalue weighted by Crippen LogP contribution is -2.22. The minimum Gasteiger partial charge on any atom is -0.550 e. The van der Waals surface area contributed by atoms with E-state index in [0.29, 0.717) is 27.8 Å². The van der Waals surface area contributed by atoms with Crippen LogP contribution in [0.3, 0.4) is 0 Å². The van der Waals surface area contributed by atoms with Gasteiger partial charge in [-0.1, -0.05) is 23.2 Å². The normalized spacial score (nSPS) is 11.4. The number of nitrogens with zero attached hydrogens (tertiary/aromatic N) is 1. The van der Waals surface area contributed by atoms with Crippen molar-refractivity contribution in [1.29, 1.82) is 0 Å². The molecular formula is C17H15Cl2N2O4-. The van der Waals surface area contributed by atoms with Gasteiger partial charge < -0.3 is 14.3 Å². The Hall–Kier alpha value is -2.31. The SMILES string of the molecule is C/C(=N/NC(=O)c1cc(Cl)ccc1Cl)c1cc(CCC(=O)[O-])oc1C. The fourth-order valence-corrected chi connectivity index (χ4v) is 2.55. The highest BCUT2D eigenvalue weighted by molar-refractivity contribution is 6.35. The van der Waals surface area contributed by atoms with Crippen LogP contribution >= 0.6 is 23.2 Å². The van der Waals surface area contributed by atoms with Crippen LogP contribution in [0.25, 0.3) is 0 Å². The molecule has 0 aliphatic heterocycles. The molecule has 1 aromatic heterocycles. The summed E-state index contributed by atoms with van der Waals surface area (Å²) in [6.45, 7) is 3.42. The molecule has 2 rings (SSSR count). The number of carbonyl (C=O) groups is 2. The minimum atomic E-state index is -1.15. The second-order valence-corrected chi connectivity index (χ2v) is 6.16. The number of carboxylic acid groups (broad SMARTS) is 1. The zero-order valence-electron chi connectivity index (χ0n) is 13.6. The molecule has 0 atom stereocenters. The fraction of sp³-hybridized carbons (Fsp3) is 0.235. The number of hydrogen-bond acceptors (Lipinski definition) is 5. The van der Waals surface area contributed by atoms with Crippen LogP contribution in [0.4, 0.5) is 0 Å². The number of hydrazone groups is 1. The first kappa shape index (κ1) is 19.0. The molecule has 0 radical (unpaired) electrons. The van der Waals surface area contributed by atoms with E-state index < -0.39 is 11.9 Å². The van der Waals surface area contributed by atoms with Crippen molar-refractivity contribution in [3.8, 4) is 0 Å². The Labute approximate surface area is 154 Å². The molecule has 0 aliphatic rings. The number of carbonyl (C=O) groups excluding carboxylic acids is 2. The summed E-state index contributed by atoms with van der Waals surface area (Å²) in [5.41, 5.74) is 3.80. The predicted octanol–water partition coefficient (Wildman–Crippen LogP) is 2.73. The molecule has 0 bridgehead atoms. The van der Waals surface area contributed by atoms with E-state index in [1.54, 1.807) is 26.0 Å². The van der Waals surface area contributed by atoms with Gasteiger partial charge in [-0.3, -0.25) is 4.79 Å². The zero-order chi connectivity index (χ0) is 18.6. The lowest BCUT2D eigenvalue weighted by atomic mass is 10.1. The van der Waals surface area contributed by atoms with Crippen molar-refractivity contribution in [1.82, 2.24) is 5.43 Å².